The second-order valence-electron chi connectivity index (χ2n) is 6.69. The van der Waals surface area contributed by atoms with E-state index in [9.17, 15) is 19.7 Å². The van der Waals surface area contributed by atoms with Gasteiger partial charge in [0, 0.05) is 40.8 Å². The number of hydrogen-bond donors (Lipinski definition) is 1. The average Bonchev–Trinajstić information content (AvgIpc) is 3.28. The number of Topliss-reactive ketones (excluding diaryl/α,β-unsaturated/α-hetero) is 1. The van der Waals surface area contributed by atoms with Crippen LogP contribution in [0.25, 0.3) is 16.2 Å². The lowest BCUT2D eigenvalue weighted by atomic mass is 10.1. The van der Waals surface area contributed by atoms with Gasteiger partial charge >= 0.3 is 0 Å². The number of aryl methyl sites for hydroxylation is 1. The van der Waals surface area contributed by atoms with Gasteiger partial charge in [0.25, 0.3) is 11.6 Å². The highest BCUT2D eigenvalue weighted by Crippen LogP contribution is 2.29. The largest absolute Gasteiger partial charge is 0.321 e. The molecular weight excluding hydrogens is 404 g/mol. The lowest BCUT2D eigenvalue weighted by Crippen LogP contribution is -2.12. The number of nitrogens with one attached hydrogen (secondary N) is 1. The summed E-state index contributed by atoms with van der Waals surface area (Å²) in [6, 6.07) is 13.0. The second-order valence-corrected chi connectivity index (χ2v) is 7.67. The molecule has 4 aromatic rings. The predicted octanol–water partition coefficient (Wildman–Crippen LogP) is 4.73. The van der Waals surface area contributed by atoms with Crippen LogP contribution in [0.4, 0.5) is 11.4 Å². The van der Waals surface area contributed by atoms with Crippen LogP contribution in [0.15, 0.2) is 54.7 Å². The minimum absolute atomic E-state index is 0.00330. The fourth-order valence-corrected chi connectivity index (χ4v) is 4.06. The molecule has 0 aliphatic carbocycles. The highest BCUT2D eigenvalue weighted by atomic mass is 32.1. The molecule has 2 heterocycles. The number of nitro benzene ring substituents is 1. The molecule has 9 heteroatoms. The van der Waals surface area contributed by atoms with Crippen molar-refractivity contribution in [2.45, 2.75) is 13.8 Å². The van der Waals surface area contributed by atoms with Crippen LogP contribution in [-0.4, -0.2) is 26.0 Å². The molecule has 4 rings (SSSR count). The van der Waals surface area contributed by atoms with Crippen molar-refractivity contribution >= 4 is 39.4 Å². The van der Waals surface area contributed by atoms with Crippen molar-refractivity contribution in [3.8, 4) is 11.3 Å². The molecule has 0 spiro atoms. The van der Waals surface area contributed by atoms with E-state index in [1.165, 1.54) is 30.4 Å². The molecule has 0 fully saturated rings. The van der Waals surface area contributed by atoms with Crippen LogP contribution >= 0.6 is 11.3 Å². The minimum Gasteiger partial charge on any atom is -0.321 e. The minimum atomic E-state index is -0.446. The zero-order valence-corrected chi connectivity index (χ0v) is 16.9. The van der Waals surface area contributed by atoms with Gasteiger partial charge in [-0.2, -0.15) is 0 Å². The molecule has 0 bridgehead atoms. The number of nitrogens with zero attached hydrogens (tertiary/aromatic N) is 3. The van der Waals surface area contributed by atoms with Gasteiger partial charge in [-0.3, -0.25) is 24.1 Å². The fraction of sp³-hybridized carbons (Fsp3) is 0.0952. The number of ketones is 1. The predicted molar refractivity (Wildman–Crippen MR) is 114 cm³/mol. The van der Waals surface area contributed by atoms with Crippen LogP contribution in [-0.2, 0) is 0 Å². The van der Waals surface area contributed by atoms with Crippen LogP contribution in [0, 0.1) is 17.0 Å². The number of fused-ring (bicyclic) bond motifs is 1. The van der Waals surface area contributed by atoms with Crippen molar-refractivity contribution in [3.05, 3.63) is 81.0 Å². The van der Waals surface area contributed by atoms with Crippen LogP contribution in [0.1, 0.15) is 32.6 Å². The quantitative estimate of drug-likeness (QED) is 0.285. The van der Waals surface area contributed by atoms with Gasteiger partial charge < -0.3 is 5.32 Å². The number of nitro groups is 1. The summed E-state index contributed by atoms with van der Waals surface area (Å²) in [5.41, 5.74) is 3.12. The zero-order chi connectivity index (χ0) is 21.4. The van der Waals surface area contributed by atoms with Gasteiger partial charge in [-0.05, 0) is 38.1 Å². The maximum atomic E-state index is 12.7. The summed E-state index contributed by atoms with van der Waals surface area (Å²) in [7, 11) is 0. The summed E-state index contributed by atoms with van der Waals surface area (Å²) in [5, 5.41) is 13.8. The third-order valence-corrected chi connectivity index (χ3v) is 5.82. The monoisotopic (exact) mass is 420 g/mol. The Balaban J connectivity index is 1.60. The Bertz CT molecular complexity index is 1300. The number of imidazole rings is 1. The van der Waals surface area contributed by atoms with Gasteiger partial charge in [-0.15, -0.1) is 0 Å². The van der Waals surface area contributed by atoms with E-state index < -0.39 is 4.92 Å². The second kappa shape index (κ2) is 7.53. The molecule has 0 radical (unpaired) electrons. The van der Waals surface area contributed by atoms with Crippen LogP contribution < -0.4 is 5.32 Å². The molecule has 0 aliphatic rings. The Labute approximate surface area is 175 Å². The molecule has 8 nitrogen and oxygen atoms in total. The van der Waals surface area contributed by atoms with Gasteiger partial charge in [0.2, 0.25) is 0 Å². The molecule has 0 saturated heterocycles. The molecule has 150 valence electrons. The van der Waals surface area contributed by atoms with Crippen molar-refractivity contribution in [1.82, 2.24) is 9.38 Å². The highest BCUT2D eigenvalue weighted by molar-refractivity contribution is 7.19. The van der Waals surface area contributed by atoms with E-state index in [2.05, 4.69) is 10.3 Å². The third-order valence-electron chi connectivity index (χ3n) is 4.67. The standard InChI is InChI=1S/C21H16N4O4S/c1-12-19(20(27)22-16-8-6-14(7-9-16)13(2)26)30-21-23-18(11-24(12)21)15-4-3-5-17(10-15)25(28)29/h3-11H,1-2H3,(H,22,27). The first-order chi connectivity index (χ1) is 14.3. The van der Waals surface area contributed by atoms with Gasteiger partial charge in [0.1, 0.15) is 4.88 Å². The maximum absolute atomic E-state index is 12.7. The number of rotatable bonds is 5. The smallest absolute Gasteiger partial charge is 0.270 e. The number of carbonyl (C=O) groups is 2. The maximum Gasteiger partial charge on any atom is 0.270 e. The SMILES string of the molecule is CC(=O)c1ccc(NC(=O)c2sc3nc(-c4cccc([N+](=O)[O-])c4)cn3c2C)cc1. The molecule has 30 heavy (non-hydrogen) atoms. The van der Waals surface area contributed by atoms with Crippen LogP contribution in [0.5, 0.6) is 0 Å². The molecule has 2 aromatic carbocycles. The number of non-ortho nitro benzene ring substituents is 1. The Morgan fingerprint density at radius 1 is 1.17 bits per heavy atom. The summed E-state index contributed by atoms with van der Waals surface area (Å²) < 4.78 is 1.80. The lowest BCUT2D eigenvalue weighted by Gasteiger charge is -2.05. The number of aromatic nitrogens is 2. The van der Waals surface area contributed by atoms with Crippen molar-refractivity contribution in [1.29, 1.82) is 0 Å². The summed E-state index contributed by atoms with van der Waals surface area (Å²) in [5.74, 6) is -0.307. The van der Waals surface area contributed by atoms with Crippen LogP contribution in [0.3, 0.4) is 0 Å². The lowest BCUT2D eigenvalue weighted by molar-refractivity contribution is -0.384. The summed E-state index contributed by atoms with van der Waals surface area (Å²) in [6.07, 6.45) is 1.76. The Kier molecular flexibility index (Phi) is 4.88. The molecule has 0 atom stereocenters. The van der Waals surface area contributed by atoms with E-state index in [0.717, 1.165) is 5.69 Å². The van der Waals surface area contributed by atoms with E-state index in [4.69, 9.17) is 0 Å². The zero-order valence-electron chi connectivity index (χ0n) is 16.1. The number of carbonyl (C=O) groups excluding carboxylic acids is 2. The van der Waals surface area contributed by atoms with Gasteiger partial charge in [-0.25, -0.2) is 4.98 Å². The van der Waals surface area contributed by atoms with Crippen molar-refractivity contribution in [2.24, 2.45) is 0 Å². The van der Waals surface area contributed by atoms with E-state index in [-0.39, 0.29) is 17.4 Å². The number of anilines is 1. The number of benzene rings is 2. The fourth-order valence-electron chi connectivity index (χ4n) is 3.05. The van der Waals surface area contributed by atoms with Crippen LogP contribution in [0.2, 0.25) is 0 Å². The van der Waals surface area contributed by atoms with E-state index in [0.29, 0.717) is 32.3 Å². The van der Waals surface area contributed by atoms with Gasteiger partial charge in [0.05, 0.1) is 10.6 Å². The Morgan fingerprint density at radius 3 is 2.53 bits per heavy atom. The Hall–Kier alpha value is -3.85. The Morgan fingerprint density at radius 2 is 1.90 bits per heavy atom. The number of thiazole rings is 1. The molecule has 1 amide bonds. The number of hydrogen-bond acceptors (Lipinski definition) is 6. The molecule has 0 saturated carbocycles. The molecule has 2 aromatic heterocycles. The molecule has 0 unspecified atom stereocenters. The first kappa shape index (κ1) is 19.5. The summed E-state index contributed by atoms with van der Waals surface area (Å²) >= 11 is 1.24. The van der Waals surface area contributed by atoms with E-state index >= 15 is 0 Å². The molecule has 1 N–H and O–H groups in total. The topological polar surface area (TPSA) is 107 Å². The average molecular weight is 420 g/mol. The van der Waals surface area contributed by atoms with E-state index in [1.807, 2.05) is 6.92 Å². The molecule has 0 aliphatic heterocycles. The molecular formula is C21H16N4O4S. The summed E-state index contributed by atoms with van der Waals surface area (Å²) in [6.45, 7) is 3.30. The first-order valence-electron chi connectivity index (χ1n) is 8.99. The van der Waals surface area contributed by atoms with Crippen molar-refractivity contribution < 1.29 is 14.5 Å². The number of amides is 1. The van der Waals surface area contributed by atoms with Gasteiger partial charge in [0.15, 0.2) is 10.7 Å². The van der Waals surface area contributed by atoms with Gasteiger partial charge in [-0.1, -0.05) is 23.5 Å². The third kappa shape index (κ3) is 3.58. The summed E-state index contributed by atoms with van der Waals surface area (Å²) in [4.78, 5) is 40.3. The van der Waals surface area contributed by atoms with Crippen molar-refractivity contribution in [3.63, 3.8) is 0 Å². The highest BCUT2D eigenvalue weighted by Gasteiger charge is 2.19. The normalized spacial score (nSPS) is 10.9. The van der Waals surface area contributed by atoms with E-state index in [1.54, 1.807) is 47.0 Å². The first-order valence-corrected chi connectivity index (χ1v) is 9.81. The van der Waals surface area contributed by atoms with Crippen molar-refractivity contribution in [2.75, 3.05) is 5.32 Å².